The minimum atomic E-state index is 0.0797. The van der Waals surface area contributed by atoms with Crippen LogP contribution in [-0.2, 0) is 11.2 Å². The molecule has 0 heterocycles. The van der Waals surface area contributed by atoms with E-state index >= 15 is 0 Å². The molecule has 3 heteroatoms. The summed E-state index contributed by atoms with van der Waals surface area (Å²) in [5.74, 6) is 0.745. The second kappa shape index (κ2) is 5.82. The van der Waals surface area contributed by atoms with E-state index in [1.54, 1.807) is 12.1 Å². The van der Waals surface area contributed by atoms with Crippen LogP contribution in [0.2, 0.25) is 0 Å². The summed E-state index contributed by atoms with van der Waals surface area (Å²) in [7, 11) is 0. The smallest absolute Gasteiger partial charge is 0.169 e. The van der Waals surface area contributed by atoms with Crippen molar-refractivity contribution < 1.29 is 9.53 Å². The molecular weight excluding hydrogens is 190 g/mol. The molecule has 1 aromatic carbocycles. The minimum absolute atomic E-state index is 0.0797. The van der Waals surface area contributed by atoms with E-state index in [9.17, 15) is 4.79 Å². The Morgan fingerprint density at radius 2 is 2.07 bits per heavy atom. The van der Waals surface area contributed by atoms with E-state index in [1.807, 2.05) is 19.1 Å². The molecule has 0 bridgehead atoms. The molecule has 0 aliphatic carbocycles. The van der Waals surface area contributed by atoms with Crippen LogP contribution in [0.5, 0.6) is 5.75 Å². The lowest BCUT2D eigenvalue weighted by Crippen LogP contribution is -2.09. The summed E-state index contributed by atoms with van der Waals surface area (Å²) < 4.78 is 5.26. The molecule has 1 rings (SSSR count). The van der Waals surface area contributed by atoms with Crippen molar-refractivity contribution >= 4 is 5.78 Å². The maximum Gasteiger partial charge on any atom is 0.169 e. The molecule has 3 nitrogen and oxygen atoms in total. The van der Waals surface area contributed by atoms with E-state index in [2.05, 4.69) is 6.07 Å². The predicted octanol–water partition coefficient (Wildman–Crippen LogP) is 2.11. The number of rotatable bonds is 5. The van der Waals surface area contributed by atoms with Gasteiger partial charge in [-0.3, -0.25) is 4.79 Å². The second-order valence-electron chi connectivity index (χ2n) is 3.16. The molecule has 0 unspecified atom stereocenters. The van der Waals surface area contributed by atoms with Crippen LogP contribution in [-0.4, -0.2) is 12.4 Å². The van der Waals surface area contributed by atoms with Crippen molar-refractivity contribution in [1.82, 2.24) is 0 Å². The van der Waals surface area contributed by atoms with Gasteiger partial charge in [-0.25, -0.2) is 0 Å². The number of carbonyl (C=O) groups is 1. The fourth-order valence-electron chi connectivity index (χ4n) is 1.06. The molecule has 0 spiro atoms. The van der Waals surface area contributed by atoms with E-state index < -0.39 is 0 Å². The topological polar surface area (TPSA) is 50.1 Å². The molecular formula is C12H13NO2. The van der Waals surface area contributed by atoms with Crippen molar-refractivity contribution in [2.45, 2.75) is 19.8 Å². The average molecular weight is 203 g/mol. The number of hydrogen-bond acceptors (Lipinski definition) is 3. The Hall–Kier alpha value is -1.82. The lowest BCUT2D eigenvalue weighted by atomic mass is 10.2. The molecule has 0 radical (unpaired) electrons. The minimum Gasteiger partial charge on any atom is -0.486 e. The zero-order valence-corrected chi connectivity index (χ0v) is 8.69. The van der Waals surface area contributed by atoms with Gasteiger partial charge in [0.25, 0.3) is 0 Å². The summed E-state index contributed by atoms with van der Waals surface area (Å²) in [6.07, 6.45) is 0.890. The van der Waals surface area contributed by atoms with E-state index in [0.29, 0.717) is 18.6 Å². The van der Waals surface area contributed by atoms with Crippen LogP contribution in [0.3, 0.4) is 0 Å². The molecule has 0 saturated heterocycles. The third-order valence-electron chi connectivity index (χ3n) is 2.00. The zero-order chi connectivity index (χ0) is 11.1. The molecule has 0 aliphatic rings. The largest absolute Gasteiger partial charge is 0.486 e. The Kier molecular flexibility index (Phi) is 4.36. The number of nitrogens with zero attached hydrogens (tertiary/aromatic N) is 1. The van der Waals surface area contributed by atoms with Crippen molar-refractivity contribution in [3.8, 4) is 11.8 Å². The number of hydrogen-bond donors (Lipinski definition) is 0. The first kappa shape index (κ1) is 11.3. The maximum atomic E-state index is 11.0. The fourth-order valence-corrected chi connectivity index (χ4v) is 1.06. The van der Waals surface area contributed by atoms with Gasteiger partial charge in [0.2, 0.25) is 0 Å². The Morgan fingerprint density at radius 3 is 2.60 bits per heavy atom. The first-order valence-corrected chi connectivity index (χ1v) is 4.86. The van der Waals surface area contributed by atoms with Gasteiger partial charge in [0, 0.05) is 6.42 Å². The second-order valence-corrected chi connectivity index (χ2v) is 3.16. The number of benzene rings is 1. The molecule has 78 valence electrons. The Labute approximate surface area is 89.3 Å². The van der Waals surface area contributed by atoms with Crippen molar-refractivity contribution in [3.05, 3.63) is 29.8 Å². The van der Waals surface area contributed by atoms with Gasteiger partial charge in [-0.1, -0.05) is 19.1 Å². The molecule has 0 fully saturated rings. The standard InChI is InChI=1S/C12H13NO2/c1-2-11(14)9-15-12-5-3-10(4-6-12)7-8-13/h3-6H,2,7,9H2,1H3. The highest BCUT2D eigenvalue weighted by atomic mass is 16.5. The van der Waals surface area contributed by atoms with E-state index in [4.69, 9.17) is 10.00 Å². The molecule has 15 heavy (non-hydrogen) atoms. The zero-order valence-electron chi connectivity index (χ0n) is 8.69. The van der Waals surface area contributed by atoms with Gasteiger partial charge in [-0.15, -0.1) is 0 Å². The normalized spacial score (nSPS) is 9.33. The van der Waals surface area contributed by atoms with Gasteiger partial charge in [-0.05, 0) is 17.7 Å². The average Bonchev–Trinajstić information content (AvgIpc) is 2.28. The molecule has 1 aromatic rings. The first-order chi connectivity index (χ1) is 7.26. The SMILES string of the molecule is CCC(=O)COc1ccc(CC#N)cc1. The van der Waals surface area contributed by atoms with Gasteiger partial charge in [0.1, 0.15) is 12.4 Å². The van der Waals surface area contributed by atoms with Crippen LogP contribution in [0.25, 0.3) is 0 Å². The Balaban J connectivity index is 2.50. The third-order valence-corrected chi connectivity index (χ3v) is 2.00. The van der Waals surface area contributed by atoms with E-state index in [1.165, 1.54) is 0 Å². The van der Waals surface area contributed by atoms with Crippen molar-refractivity contribution in [3.63, 3.8) is 0 Å². The van der Waals surface area contributed by atoms with Gasteiger partial charge in [-0.2, -0.15) is 5.26 Å². The van der Waals surface area contributed by atoms with Gasteiger partial charge in [0.15, 0.2) is 5.78 Å². The van der Waals surface area contributed by atoms with Crippen LogP contribution in [0.15, 0.2) is 24.3 Å². The summed E-state index contributed by atoms with van der Waals surface area (Å²) in [4.78, 5) is 11.0. The molecule has 0 aromatic heterocycles. The first-order valence-electron chi connectivity index (χ1n) is 4.86. The number of nitriles is 1. The third kappa shape index (κ3) is 3.82. The highest BCUT2D eigenvalue weighted by Crippen LogP contribution is 2.12. The number of Topliss-reactive ketones (excluding diaryl/α,β-unsaturated/α-hetero) is 1. The van der Waals surface area contributed by atoms with Crippen LogP contribution in [0.4, 0.5) is 0 Å². The van der Waals surface area contributed by atoms with Crippen molar-refractivity contribution in [2.24, 2.45) is 0 Å². The van der Waals surface area contributed by atoms with Crippen LogP contribution in [0, 0.1) is 11.3 Å². The maximum absolute atomic E-state index is 11.0. The predicted molar refractivity (Wildman–Crippen MR) is 56.6 cm³/mol. The Morgan fingerprint density at radius 1 is 1.40 bits per heavy atom. The molecule has 0 saturated carbocycles. The highest BCUT2D eigenvalue weighted by molar-refractivity contribution is 5.79. The quantitative estimate of drug-likeness (QED) is 0.736. The lowest BCUT2D eigenvalue weighted by Gasteiger charge is -2.04. The van der Waals surface area contributed by atoms with Crippen molar-refractivity contribution in [2.75, 3.05) is 6.61 Å². The molecule has 0 aliphatic heterocycles. The summed E-state index contributed by atoms with van der Waals surface area (Å²) in [5.41, 5.74) is 0.951. The number of carbonyl (C=O) groups excluding carboxylic acids is 1. The van der Waals surface area contributed by atoms with Crippen molar-refractivity contribution in [1.29, 1.82) is 5.26 Å². The molecule has 0 atom stereocenters. The van der Waals surface area contributed by atoms with Gasteiger partial charge >= 0.3 is 0 Å². The van der Waals surface area contributed by atoms with Gasteiger partial charge < -0.3 is 4.74 Å². The van der Waals surface area contributed by atoms with Gasteiger partial charge in [0.05, 0.1) is 12.5 Å². The van der Waals surface area contributed by atoms with E-state index in [-0.39, 0.29) is 12.4 Å². The summed E-state index contributed by atoms with van der Waals surface area (Å²) in [6.45, 7) is 1.93. The molecule has 0 N–H and O–H groups in total. The number of ether oxygens (including phenoxy) is 1. The monoisotopic (exact) mass is 203 g/mol. The summed E-state index contributed by atoms with van der Waals surface area (Å²) in [6, 6.07) is 9.27. The highest BCUT2D eigenvalue weighted by Gasteiger charge is 1.99. The fraction of sp³-hybridized carbons (Fsp3) is 0.333. The Bertz CT molecular complexity index is 362. The summed E-state index contributed by atoms with van der Waals surface area (Å²) in [5, 5.41) is 8.47. The van der Waals surface area contributed by atoms with Crippen LogP contribution >= 0.6 is 0 Å². The van der Waals surface area contributed by atoms with E-state index in [0.717, 1.165) is 5.56 Å². The lowest BCUT2D eigenvalue weighted by molar-refractivity contribution is -0.120. The van der Waals surface area contributed by atoms with Crippen LogP contribution in [0.1, 0.15) is 18.9 Å². The van der Waals surface area contributed by atoms with Crippen LogP contribution < -0.4 is 4.74 Å². The number of ketones is 1. The summed E-state index contributed by atoms with van der Waals surface area (Å²) >= 11 is 0. The molecule has 0 amide bonds.